The topological polar surface area (TPSA) is 83.0 Å². The van der Waals surface area contributed by atoms with E-state index in [9.17, 15) is 9.59 Å². The molecule has 0 saturated carbocycles. The van der Waals surface area contributed by atoms with E-state index in [1.54, 1.807) is 12.1 Å². The zero-order chi connectivity index (χ0) is 12.4. The number of H-pyrrole nitrogens is 1. The van der Waals surface area contributed by atoms with Gasteiger partial charge in [0.05, 0.1) is 0 Å². The third-order valence-electron chi connectivity index (χ3n) is 2.33. The fourth-order valence-corrected chi connectivity index (χ4v) is 1.42. The molecule has 0 aliphatic heterocycles. The van der Waals surface area contributed by atoms with Gasteiger partial charge in [0.25, 0.3) is 5.56 Å². The van der Waals surface area contributed by atoms with Crippen molar-refractivity contribution in [3.63, 3.8) is 0 Å². The Kier molecular flexibility index (Phi) is 2.74. The summed E-state index contributed by atoms with van der Waals surface area (Å²) in [5, 5.41) is 8.81. The van der Waals surface area contributed by atoms with Crippen molar-refractivity contribution in [1.29, 1.82) is 0 Å². The average Bonchev–Trinajstić information content (AvgIpc) is 2.31. The quantitative estimate of drug-likeness (QED) is 0.817. The van der Waals surface area contributed by atoms with Gasteiger partial charge in [-0.25, -0.2) is 9.78 Å². The summed E-state index contributed by atoms with van der Waals surface area (Å²) < 4.78 is 0. The lowest BCUT2D eigenvalue weighted by atomic mass is 10.1. The van der Waals surface area contributed by atoms with Crippen LogP contribution in [0.4, 0.5) is 0 Å². The van der Waals surface area contributed by atoms with Gasteiger partial charge in [-0.3, -0.25) is 4.79 Å². The van der Waals surface area contributed by atoms with Crippen molar-refractivity contribution in [3.05, 3.63) is 52.1 Å². The zero-order valence-electron chi connectivity index (χ0n) is 9.10. The molecule has 0 fully saturated rings. The molecule has 5 nitrogen and oxygen atoms in total. The van der Waals surface area contributed by atoms with Crippen molar-refractivity contribution in [2.75, 3.05) is 0 Å². The Labute approximate surface area is 96.8 Å². The second-order valence-electron chi connectivity index (χ2n) is 3.63. The minimum atomic E-state index is -1.17. The summed E-state index contributed by atoms with van der Waals surface area (Å²) in [5.74, 6) is -1.17. The normalized spacial score (nSPS) is 10.2. The molecular formula is C12H10N2O3. The van der Waals surface area contributed by atoms with Crippen LogP contribution >= 0.6 is 0 Å². The fraction of sp³-hybridized carbons (Fsp3) is 0.0833. The maximum Gasteiger partial charge on any atom is 0.356 e. The Hall–Kier alpha value is -2.43. The van der Waals surface area contributed by atoms with Crippen molar-refractivity contribution in [3.8, 4) is 11.3 Å². The predicted octanol–water partition coefficient (Wildman–Crippen LogP) is 1.44. The van der Waals surface area contributed by atoms with Crippen LogP contribution in [0.5, 0.6) is 0 Å². The predicted molar refractivity (Wildman–Crippen MR) is 62.0 cm³/mol. The molecule has 0 aliphatic rings. The third-order valence-corrected chi connectivity index (χ3v) is 2.33. The lowest BCUT2D eigenvalue weighted by molar-refractivity contribution is 0.0690. The number of aromatic nitrogens is 2. The molecule has 5 heteroatoms. The van der Waals surface area contributed by atoms with E-state index in [-0.39, 0.29) is 11.4 Å². The molecule has 0 atom stereocenters. The van der Waals surface area contributed by atoms with Crippen LogP contribution in [0.2, 0.25) is 0 Å². The van der Waals surface area contributed by atoms with Crippen molar-refractivity contribution < 1.29 is 9.90 Å². The molecule has 0 amide bonds. The second kappa shape index (κ2) is 4.21. The van der Waals surface area contributed by atoms with Crippen LogP contribution in [-0.4, -0.2) is 21.0 Å². The Bertz CT molecular complexity index is 614. The van der Waals surface area contributed by atoms with Crippen LogP contribution in [0.25, 0.3) is 11.3 Å². The van der Waals surface area contributed by atoms with Crippen molar-refractivity contribution in [1.82, 2.24) is 9.97 Å². The fourth-order valence-electron chi connectivity index (χ4n) is 1.42. The van der Waals surface area contributed by atoms with Crippen molar-refractivity contribution in [2.45, 2.75) is 6.92 Å². The summed E-state index contributed by atoms with van der Waals surface area (Å²) >= 11 is 0. The lowest BCUT2D eigenvalue weighted by Crippen LogP contribution is -2.14. The molecule has 0 aliphatic carbocycles. The van der Waals surface area contributed by atoms with E-state index < -0.39 is 11.5 Å². The highest BCUT2D eigenvalue weighted by atomic mass is 16.4. The molecule has 86 valence electrons. The smallest absolute Gasteiger partial charge is 0.356 e. The number of carboxylic acids is 1. The average molecular weight is 230 g/mol. The summed E-state index contributed by atoms with van der Waals surface area (Å²) in [5.41, 5.74) is 1.18. The maximum absolute atomic E-state index is 11.6. The summed E-state index contributed by atoms with van der Waals surface area (Å²) in [6.07, 6.45) is 1.09. The van der Waals surface area contributed by atoms with E-state index in [0.717, 1.165) is 11.8 Å². The van der Waals surface area contributed by atoms with Gasteiger partial charge in [0.1, 0.15) is 5.69 Å². The van der Waals surface area contributed by atoms with Crippen LogP contribution in [0.1, 0.15) is 16.1 Å². The van der Waals surface area contributed by atoms with E-state index in [2.05, 4.69) is 9.97 Å². The Morgan fingerprint density at radius 3 is 2.53 bits per heavy atom. The van der Waals surface area contributed by atoms with Gasteiger partial charge in [0.2, 0.25) is 0 Å². The molecule has 1 aromatic heterocycles. The number of carbonyl (C=O) groups is 1. The summed E-state index contributed by atoms with van der Waals surface area (Å²) in [6, 6.07) is 7.14. The van der Waals surface area contributed by atoms with Crippen LogP contribution in [0.3, 0.4) is 0 Å². The first-order chi connectivity index (χ1) is 8.08. The van der Waals surface area contributed by atoms with Crippen molar-refractivity contribution >= 4 is 5.97 Å². The molecule has 1 heterocycles. The zero-order valence-corrected chi connectivity index (χ0v) is 9.10. The number of hydrogen-bond donors (Lipinski definition) is 2. The minimum Gasteiger partial charge on any atom is -0.476 e. The van der Waals surface area contributed by atoms with Gasteiger partial charge < -0.3 is 10.1 Å². The van der Waals surface area contributed by atoms with Gasteiger partial charge in [-0.15, -0.1) is 0 Å². The third kappa shape index (κ3) is 2.23. The van der Waals surface area contributed by atoms with Crippen LogP contribution in [0.15, 0.2) is 35.3 Å². The first-order valence-corrected chi connectivity index (χ1v) is 4.98. The molecule has 0 unspecified atom stereocenters. The molecule has 0 radical (unpaired) electrons. The number of nitrogens with zero attached hydrogens (tertiary/aromatic N) is 1. The molecule has 0 spiro atoms. The largest absolute Gasteiger partial charge is 0.476 e. The highest BCUT2D eigenvalue weighted by Gasteiger charge is 2.10. The number of nitrogens with one attached hydrogen (secondary N) is 1. The van der Waals surface area contributed by atoms with E-state index in [1.807, 2.05) is 19.1 Å². The first kappa shape index (κ1) is 11.1. The monoisotopic (exact) mass is 230 g/mol. The first-order valence-electron chi connectivity index (χ1n) is 4.98. The van der Waals surface area contributed by atoms with Gasteiger partial charge in [0, 0.05) is 11.8 Å². The second-order valence-corrected chi connectivity index (χ2v) is 3.63. The summed E-state index contributed by atoms with van der Waals surface area (Å²) in [4.78, 5) is 28.5. The number of hydrogen-bond acceptors (Lipinski definition) is 3. The Balaban J connectivity index is 2.58. The van der Waals surface area contributed by atoms with E-state index in [0.29, 0.717) is 5.56 Å². The standard InChI is InChI=1S/C12H10N2O3/c1-7-2-4-8(5-3-7)10-11(15)13-6-9(14-10)12(16)17/h2-6H,1H3,(H,13,15)(H,16,17). The highest BCUT2D eigenvalue weighted by Crippen LogP contribution is 2.13. The molecule has 2 aromatic rings. The highest BCUT2D eigenvalue weighted by molar-refractivity contribution is 5.85. The van der Waals surface area contributed by atoms with Gasteiger partial charge >= 0.3 is 5.97 Å². The molecule has 1 aromatic carbocycles. The van der Waals surface area contributed by atoms with Crippen LogP contribution in [-0.2, 0) is 0 Å². The van der Waals surface area contributed by atoms with E-state index >= 15 is 0 Å². The van der Waals surface area contributed by atoms with E-state index in [4.69, 9.17) is 5.11 Å². The maximum atomic E-state index is 11.6. The minimum absolute atomic E-state index is 0.116. The van der Waals surface area contributed by atoms with Gasteiger partial charge in [-0.1, -0.05) is 29.8 Å². The molecule has 2 rings (SSSR count). The number of benzene rings is 1. The van der Waals surface area contributed by atoms with E-state index in [1.165, 1.54) is 0 Å². The molecular weight excluding hydrogens is 220 g/mol. The number of aromatic amines is 1. The summed E-state index contributed by atoms with van der Waals surface area (Å²) in [7, 11) is 0. The Morgan fingerprint density at radius 2 is 1.94 bits per heavy atom. The number of carboxylic acid groups (broad SMARTS) is 1. The van der Waals surface area contributed by atoms with Crippen LogP contribution < -0.4 is 5.56 Å². The summed E-state index contributed by atoms with van der Waals surface area (Å²) in [6.45, 7) is 1.93. The lowest BCUT2D eigenvalue weighted by Gasteiger charge is -2.01. The van der Waals surface area contributed by atoms with Gasteiger partial charge in [-0.05, 0) is 6.92 Å². The molecule has 17 heavy (non-hydrogen) atoms. The SMILES string of the molecule is Cc1ccc(-c2nc(C(=O)O)c[nH]c2=O)cc1. The number of aromatic carboxylic acids is 1. The Morgan fingerprint density at radius 1 is 1.29 bits per heavy atom. The molecule has 2 N–H and O–H groups in total. The van der Waals surface area contributed by atoms with Crippen molar-refractivity contribution in [2.24, 2.45) is 0 Å². The van der Waals surface area contributed by atoms with Gasteiger partial charge in [-0.2, -0.15) is 0 Å². The molecule has 0 saturated heterocycles. The molecule has 0 bridgehead atoms. The number of rotatable bonds is 2. The van der Waals surface area contributed by atoms with Gasteiger partial charge in [0.15, 0.2) is 5.69 Å². The van der Waals surface area contributed by atoms with Crippen LogP contribution in [0, 0.1) is 6.92 Å². The number of aryl methyl sites for hydroxylation is 1.